The van der Waals surface area contributed by atoms with E-state index in [1.165, 1.54) is 60.5 Å². The molecule has 1 unspecified atom stereocenters. The lowest BCUT2D eigenvalue weighted by Gasteiger charge is -2.37. The summed E-state index contributed by atoms with van der Waals surface area (Å²) in [7, 11) is 0. The molecular formula is C60H43N3. The third-order valence-corrected chi connectivity index (χ3v) is 13.0. The fraction of sp³-hybridized carbons (Fsp3) is 0.0333. The molecule has 1 atom stereocenters. The minimum Gasteiger partial charge on any atom is -0.355 e. The second-order valence-corrected chi connectivity index (χ2v) is 16.7. The summed E-state index contributed by atoms with van der Waals surface area (Å²) < 4.78 is 0. The maximum absolute atomic E-state index is 4.87. The molecule has 0 radical (unpaired) electrons. The van der Waals surface area contributed by atoms with Crippen LogP contribution in [0.5, 0.6) is 0 Å². The zero-order valence-electron chi connectivity index (χ0n) is 34.7. The van der Waals surface area contributed by atoms with Crippen LogP contribution in [0.4, 0.5) is 34.1 Å². The Kier molecular flexibility index (Phi) is 8.79. The van der Waals surface area contributed by atoms with E-state index >= 15 is 0 Å². The molecule has 10 aromatic rings. The van der Waals surface area contributed by atoms with Crippen LogP contribution in [0.1, 0.15) is 11.1 Å². The van der Waals surface area contributed by atoms with Gasteiger partial charge < -0.3 is 15.1 Å². The second-order valence-electron chi connectivity index (χ2n) is 16.7. The highest BCUT2D eigenvalue weighted by Crippen LogP contribution is 2.50. The predicted octanol–water partition coefficient (Wildman–Crippen LogP) is 16.0. The summed E-state index contributed by atoms with van der Waals surface area (Å²) in [4.78, 5) is 5.10. The molecule has 0 bridgehead atoms. The normalized spacial score (nSPS) is 15.3. The molecule has 0 saturated heterocycles. The molecule has 63 heavy (non-hydrogen) atoms. The van der Waals surface area contributed by atoms with Crippen molar-refractivity contribution < 1.29 is 0 Å². The minimum absolute atomic E-state index is 0.0168. The molecule has 3 heteroatoms. The fourth-order valence-electron chi connectivity index (χ4n) is 9.94. The Morgan fingerprint density at radius 3 is 1.89 bits per heavy atom. The number of anilines is 6. The number of rotatable bonds is 6. The van der Waals surface area contributed by atoms with E-state index in [9.17, 15) is 0 Å². The molecule has 10 aromatic carbocycles. The molecular weight excluding hydrogens is 763 g/mol. The first-order chi connectivity index (χ1) is 31.1. The van der Waals surface area contributed by atoms with Crippen molar-refractivity contribution >= 4 is 77.6 Å². The van der Waals surface area contributed by atoms with Crippen LogP contribution in [0.15, 0.2) is 231 Å². The van der Waals surface area contributed by atoms with Crippen molar-refractivity contribution in [1.82, 2.24) is 0 Å². The minimum atomic E-state index is 0.0168. The zero-order chi connectivity index (χ0) is 41.9. The molecule has 0 aromatic heterocycles. The lowest BCUT2D eigenvalue weighted by molar-refractivity contribution is 0.801. The maximum Gasteiger partial charge on any atom is 0.0777 e. The van der Waals surface area contributed by atoms with Crippen molar-refractivity contribution in [3.8, 4) is 22.3 Å². The number of para-hydroxylation sites is 1. The number of benzene rings is 10. The van der Waals surface area contributed by atoms with Crippen LogP contribution < -0.4 is 15.1 Å². The fourth-order valence-corrected chi connectivity index (χ4v) is 9.94. The Bertz CT molecular complexity index is 3450. The van der Waals surface area contributed by atoms with Gasteiger partial charge in [-0.15, -0.1) is 0 Å². The van der Waals surface area contributed by atoms with E-state index in [1.807, 2.05) is 0 Å². The van der Waals surface area contributed by atoms with Crippen LogP contribution in [0.25, 0.3) is 65.7 Å². The molecule has 0 amide bonds. The average molecular weight is 806 g/mol. The largest absolute Gasteiger partial charge is 0.355 e. The number of nitrogens with one attached hydrogen (secondary N) is 1. The summed E-state index contributed by atoms with van der Waals surface area (Å²) in [6.07, 6.45) is 2.36. The standard InChI is InChI=1S/C60H43N3/c1-40-34-55-52-23-11-12-24-59(52)63(50-31-27-42-15-6-8-20-46(42)36-50)60(55)39-62(57-25-13-21-43-18-9-10-22-51(43)57)58-33-29-48(37-53(40)58)47-28-32-56(54(38-47)44-16-3-2-4-17-44)61-49-30-26-41-14-5-7-19-45(41)35-49/h2-38,60-61H,1,39H2/b55-34-. The lowest BCUT2D eigenvalue weighted by atomic mass is 9.90. The van der Waals surface area contributed by atoms with Crippen LogP contribution >= 0.6 is 0 Å². The van der Waals surface area contributed by atoms with Gasteiger partial charge in [-0.1, -0.05) is 164 Å². The molecule has 0 saturated carbocycles. The van der Waals surface area contributed by atoms with E-state index in [0.29, 0.717) is 0 Å². The summed E-state index contributed by atoms with van der Waals surface area (Å²) in [6.45, 7) is 5.60. The van der Waals surface area contributed by atoms with Crippen molar-refractivity contribution in [1.29, 1.82) is 0 Å². The summed E-state index contributed by atoms with van der Waals surface area (Å²) in [5.41, 5.74) is 16.1. The van der Waals surface area contributed by atoms with Crippen molar-refractivity contribution in [2.75, 3.05) is 21.7 Å². The molecule has 298 valence electrons. The van der Waals surface area contributed by atoms with Crippen LogP contribution in [0, 0.1) is 0 Å². The molecule has 2 aliphatic heterocycles. The lowest BCUT2D eigenvalue weighted by Crippen LogP contribution is -2.39. The average Bonchev–Trinajstić information content (AvgIpc) is 3.64. The van der Waals surface area contributed by atoms with Gasteiger partial charge in [0.2, 0.25) is 0 Å². The third-order valence-electron chi connectivity index (χ3n) is 13.0. The first-order valence-corrected chi connectivity index (χ1v) is 21.8. The van der Waals surface area contributed by atoms with Gasteiger partial charge in [-0.25, -0.2) is 0 Å². The van der Waals surface area contributed by atoms with Gasteiger partial charge in [0.15, 0.2) is 0 Å². The van der Waals surface area contributed by atoms with E-state index in [2.05, 4.69) is 240 Å². The van der Waals surface area contributed by atoms with E-state index < -0.39 is 0 Å². The highest BCUT2D eigenvalue weighted by Gasteiger charge is 2.38. The molecule has 0 spiro atoms. The number of fused-ring (bicyclic) bond motifs is 7. The molecule has 1 N–H and O–H groups in total. The second kappa shape index (κ2) is 15.1. The third kappa shape index (κ3) is 6.45. The van der Waals surface area contributed by atoms with Gasteiger partial charge in [-0.3, -0.25) is 0 Å². The van der Waals surface area contributed by atoms with Crippen molar-refractivity contribution in [3.63, 3.8) is 0 Å². The monoisotopic (exact) mass is 805 g/mol. The smallest absolute Gasteiger partial charge is 0.0777 e. The SMILES string of the molecule is C=C1/C=C2/c3ccccc3N(c3ccc4ccccc4c3)C2CN(c2cccc3ccccc23)c2ccc(-c3ccc(Nc4ccc5ccccc5c4)c(-c4ccccc4)c3)cc21. The first-order valence-electron chi connectivity index (χ1n) is 21.8. The molecule has 0 fully saturated rings. The topological polar surface area (TPSA) is 18.5 Å². The Balaban J connectivity index is 1.01. The first kappa shape index (κ1) is 36.7. The quantitative estimate of drug-likeness (QED) is 0.181. The number of hydrogen-bond donors (Lipinski definition) is 1. The van der Waals surface area contributed by atoms with Crippen LogP contribution in [-0.2, 0) is 0 Å². The molecule has 3 nitrogen and oxygen atoms in total. The van der Waals surface area contributed by atoms with E-state index in [1.54, 1.807) is 0 Å². The Hall–Kier alpha value is -8.14. The predicted molar refractivity (Wildman–Crippen MR) is 269 cm³/mol. The number of hydrogen-bond acceptors (Lipinski definition) is 3. The van der Waals surface area contributed by atoms with Gasteiger partial charge in [0.25, 0.3) is 0 Å². The van der Waals surface area contributed by atoms with Gasteiger partial charge in [0, 0.05) is 62.7 Å². The summed E-state index contributed by atoms with van der Waals surface area (Å²) in [6, 6.07) is 79.4. The van der Waals surface area contributed by atoms with E-state index in [4.69, 9.17) is 6.58 Å². The molecule has 2 aliphatic rings. The molecule has 0 aliphatic carbocycles. The Labute approximate surface area is 368 Å². The van der Waals surface area contributed by atoms with Crippen LogP contribution in [0.2, 0.25) is 0 Å². The van der Waals surface area contributed by atoms with Gasteiger partial charge in [-0.05, 0) is 122 Å². The van der Waals surface area contributed by atoms with Crippen molar-refractivity contribution in [2.45, 2.75) is 6.04 Å². The van der Waals surface area contributed by atoms with E-state index in [0.717, 1.165) is 57.0 Å². The summed E-state index contributed by atoms with van der Waals surface area (Å²) in [5, 5.41) is 11.1. The molecule has 12 rings (SSSR count). The van der Waals surface area contributed by atoms with E-state index in [-0.39, 0.29) is 6.04 Å². The maximum atomic E-state index is 4.87. The number of nitrogens with zero attached hydrogens (tertiary/aromatic N) is 2. The van der Waals surface area contributed by atoms with Crippen LogP contribution in [-0.4, -0.2) is 12.6 Å². The Morgan fingerprint density at radius 1 is 0.429 bits per heavy atom. The van der Waals surface area contributed by atoms with Crippen LogP contribution in [0.3, 0.4) is 0 Å². The van der Waals surface area contributed by atoms with Gasteiger partial charge in [0.1, 0.15) is 0 Å². The van der Waals surface area contributed by atoms with Gasteiger partial charge in [0.05, 0.1) is 6.04 Å². The highest BCUT2D eigenvalue weighted by atomic mass is 15.3. The summed E-state index contributed by atoms with van der Waals surface area (Å²) in [5.74, 6) is 0. The highest BCUT2D eigenvalue weighted by molar-refractivity contribution is 6.04. The van der Waals surface area contributed by atoms with Crippen molar-refractivity contribution in [2.24, 2.45) is 0 Å². The summed E-state index contributed by atoms with van der Waals surface area (Å²) >= 11 is 0. The van der Waals surface area contributed by atoms with Gasteiger partial charge >= 0.3 is 0 Å². The number of allylic oxidation sites excluding steroid dienone is 2. The zero-order valence-corrected chi connectivity index (χ0v) is 34.7. The van der Waals surface area contributed by atoms with Crippen molar-refractivity contribution in [3.05, 3.63) is 242 Å². The molecule has 2 heterocycles. The Morgan fingerprint density at radius 2 is 1.06 bits per heavy atom. The van der Waals surface area contributed by atoms with Gasteiger partial charge in [-0.2, -0.15) is 0 Å².